The van der Waals surface area contributed by atoms with Crippen molar-refractivity contribution < 1.29 is 5.11 Å². The number of rotatable bonds is 3. The van der Waals surface area contributed by atoms with Crippen molar-refractivity contribution in [2.45, 2.75) is 25.9 Å². The first-order valence-electron chi connectivity index (χ1n) is 6.01. The molecule has 0 amide bonds. The zero-order valence-electron chi connectivity index (χ0n) is 10.7. The van der Waals surface area contributed by atoms with Crippen LogP contribution in [0.2, 0.25) is 0 Å². The highest BCUT2D eigenvalue weighted by Crippen LogP contribution is 2.26. The zero-order chi connectivity index (χ0) is 13.2. The SMILES string of the molecule is Cc1ccc(CC(C)(O)c2ccc(Br)cc2)cc1. The van der Waals surface area contributed by atoms with Gasteiger partial charge in [0.25, 0.3) is 0 Å². The molecule has 0 aliphatic heterocycles. The average Bonchev–Trinajstić information content (AvgIpc) is 2.32. The molecule has 0 radical (unpaired) electrons. The fourth-order valence-electron chi connectivity index (χ4n) is 2.01. The van der Waals surface area contributed by atoms with Crippen LogP contribution in [0.15, 0.2) is 53.0 Å². The molecule has 1 unspecified atom stereocenters. The quantitative estimate of drug-likeness (QED) is 0.900. The summed E-state index contributed by atoms with van der Waals surface area (Å²) >= 11 is 3.41. The van der Waals surface area contributed by atoms with Crippen molar-refractivity contribution >= 4 is 15.9 Å². The van der Waals surface area contributed by atoms with Gasteiger partial charge in [0.15, 0.2) is 0 Å². The van der Waals surface area contributed by atoms with Crippen LogP contribution in [0.4, 0.5) is 0 Å². The molecule has 0 fully saturated rings. The van der Waals surface area contributed by atoms with Crippen LogP contribution in [0.5, 0.6) is 0 Å². The number of aliphatic hydroxyl groups is 1. The minimum atomic E-state index is -0.837. The van der Waals surface area contributed by atoms with Crippen molar-refractivity contribution in [1.82, 2.24) is 0 Å². The van der Waals surface area contributed by atoms with Crippen molar-refractivity contribution in [1.29, 1.82) is 0 Å². The number of benzene rings is 2. The first-order chi connectivity index (χ1) is 8.47. The van der Waals surface area contributed by atoms with E-state index >= 15 is 0 Å². The molecule has 0 aliphatic carbocycles. The first kappa shape index (κ1) is 13.3. The van der Waals surface area contributed by atoms with E-state index in [1.54, 1.807) is 0 Å². The average molecular weight is 305 g/mol. The normalized spacial score (nSPS) is 14.2. The van der Waals surface area contributed by atoms with Gasteiger partial charge in [-0.25, -0.2) is 0 Å². The highest BCUT2D eigenvalue weighted by Gasteiger charge is 2.23. The molecule has 94 valence electrons. The fourth-order valence-corrected chi connectivity index (χ4v) is 2.28. The fraction of sp³-hybridized carbons (Fsp3) is 0.250. The standard InChI is InChI=1S/C16H17BrO/c1-12-3-5-13(6-4-12)11-16(2,18)14-7-9-15(17)10-8-14/h3-10,18H,11H2,1-2H3. The summed E-state index contributed by atoms with van der Waals surface area (Å²) in [4.78, 5) is 0. The van der Waals surface area contributed by atoms with Crippen LogP contribution in [0.25, 0.3) is 0 Å². The van der Waals surface area contributed by atoms with Crippen LogP contribution in [0.1, 0.15) is 23.6 Å². The molecule has 0 saturated carbocycles. The zero-order valence-corrected chi connectivity index (χ0v) is 12.2. The van der Waals surface area contributed by atoms with Gasteiger partial charge in [-0.2, -0.15) is 0 Å². The second-order valence-corrected chi connectivity index (χ2v) is 5.86. The van der Waals surface area contributed by atoms with Crippen LogP contribution in [-0.4, -0.2) is 5.11 Å². The predicted molar refractivity (Wildman–Crippen MR) is 78.6 cm³/mol. The molecule has 0 bridgehead atoms. The third-order valence-corrected chi connectivity index (χ3v) is 3.66. The second-order valence-electron chi connectivity index (χ2n) is 4.94. The maximum Gasteiger partial charge on any atom is 0.0908 e. The minimum absolute atomic E-state index is 0.620. The molecule has 2 aromatic carbocycles. The second kappa shape index (κ2) is 5.25. The number of aryl methyl sites for hydroxylation is 1. The van der Waals surface area contributed by atoms with Crippen LogP contribution in [0.3, 0.4) is 0 Å². The number of hydrogen-bond acceptors (Lipinski definition) is 1. The van der Waals surface area contributed by atoms with E-state index in [0.29, 0.717) is 6.42 Å². The lowest BCUT2D eigenvalue weighted by Gasteiger charge is -2.24. The summed E-state index contributed by atoms with van der Waals surface area (Å²) in [6.45, 7) is 3.92. The molecule has 2 rings (SSSR count). The van der Waals surface area contributed by atoms with Crippen LogP contribution in [0, 0.1) is 6.92 Å². The van der Waals surface area contributed by atoms with E-state index in [1.807, 2.05) is 31.2 Å². The first-order valence-corrected chi connectivity index (χ1v) is 6.81. The van der Waals surface area contributed by atoms with E-state index in [4.69, 9.17) is 0 Å². The van der Waals surface area contributed by atoms with Gasteiger partial charge in [0.05, 0.1) is 5.60 Å². The number of hydrogen-bond donors (Lipinski definition) is 1. The Balaban J connectivity index is 2.20. The summed E-state index contributed by atoms with van der Waals surface area (Å²) in [6, 6.07) is 16.1. The highest BCUT2D eigenvalue weighted by molar-refractivity contribution is 9.10. The third kappa shape index (κ3) is 3.21. The summed E-state index contributed by atoms with van der Waals surface area (Å²) < 4.78 is 1.03. The molecular formula is C16H17BrO. The van der Waals surface area contributed by atoms with Crippen molar-refractivity contribution in [2.24, 2.45) is 0 Å². The van der Waals surface area contributed by atoms with E-state index in [0.717, 1.165) is 15.6 Å². The Hall–Kier alpha value is -1.12. The van der Waals surface area contributed by atoms with Crippen LogP contribution >= 0.6 is 15.9 Å². The largest absolute Gasteiger partial charge is 0.385 e. The Bertz CT molecular complexity index is 512. The van der Waals surface area contributed by atoms with Crippen LogP contribution < -0.4 is 0 Å². The molecule has 0 aromatic heterocycles. The number of halogens is 1. The van der Waals surface area contributed by atoms with Crippen molar-refractivity contribution in [3.05, 3.63) is 69.7 Å². The van der Waals surface area contributed by atoms with Gasteiger partial charge < -0.3 is 5.11 Å². The molecule has 1 atom stereocenters. The highest BCUT2D eigenvalue weighted by atomic mass is 79.9. The minimum Gasteiger partial charge on any atom is -0.385 e. The molecule has 2 heteroatoms. The Morgan fingerprint density at radius 3 is 2.11 bits per heavy atom. The van der Waals surface area contributed by atoms with E-state index < -0.39 is 5.60 Å². The van der Waals surface area contributed by atoms with E-state index in [-0.39, 0.29) is 0 Å². The van der Waals surface area contributed by atoms with Crippen molar-refractivity contribution in [3.8, 4) is 0 Å². The molecule has 0 saturated heterocycles. The van der Waals surface area contributed by atoms with Gasteiger partial charge in [-0.3, -0.25) is 0 Å². The Labute approximate surface area is 117 Å². The van der Waals surface area contributed by atoms with Gasteiger partial charge in [-0.15, -0.1) is 0 Å². The molecule has 18 heavy (non-hydrogen) atoms. The molecule has 2 aromatic rings. The van der Waals surface area contributed by atoms with E-state index in [1.165, 1.54) is 5.56 Å². The smallest absolute Gasteiger partial charge is 0.0908 e. The molecule has 1 N–H and O–H groups in total. The van der Waals surface area contributed by atoms with Gasteiger partial charge >= 0.3 is 0 Å². The maximum absolute atomic E-state index is 10.6. The Morgan fingerprint density at radius 1 is 1.00 bits per heavy atom. The topological polar surface area (TPSA) is 20.2 Å². The molecule has 0 aliphatic rings. The Morgan fingerprint density at radius 2 is 1.56 bits per heavy atom. The molecule has 0 heterocycles. The van der Waals surface area contributed by atoms with Gasteiger partial charge in [0.1, 0.15) is 0 Å². The summed E-state index contributed by atoms with van der Waals surface area (Å²) in [7, 11) is 0. The maximum atomic E-state index is 10.6. The summed E-state index contributed by atoms with van der Waals surface area (Å²) in [6.07, 6.45) is 0.620. The third-order valence-electron chi connectivity index (χ3n) is 3.14. The molecular weight excluding hydrogens is 288 g/mol. The van der Waals surface area contributed by atoms with Gasteiger partial charge in [0, 0.05) is 10.9 Å². The monoisotopic (exact) mass is 304 g/mol. The lowest BCUT2D eigenvalue weighted by molar-refractivity contribution is 0.0576. The summed E-state index contributed by atoms with van der Waals surface area (Å²) in [5, 5.41) is 10.6. The predicted octanol–water partition coefficient (Wildman–Crippen LogP) is 4.21. The lowest BCUT2D eigenvalue weighted by atomic mass is 9.89. The summed E-state index contributed by atoms with van der Waals surface area (Å²) in [5.74, 6) is 0. The molecule has 0 spiro atoms. The van der Waals surface area contributed by atoms with Gasteiger partial charge in [-0.05, 0) is 37.1 Å². The van der Waals surface area contributed by atoms with Crippen molar-refractivity contribution in [2.75, 3.05) is 0 Å². The van der Waals surface area contributed by atoms with Crippen molar-refractivity contribution in [3.63, 3.8) is 0 Å². The van der Waals surface area contributed by atoms with Gasteiger partial charge in [0.2, 0.25) is 0 Å². The van der Waals surface area contributed by atoms with E-state index in [9.17, 15) is 5.11 Å². The van der Waals surface area contributed by atoms with E-state index in [2.05, 4.69) is 47.1 Å². The van der Waals surface area contributed by atoms with Crippen LogP contribution in [-0.2, 0) is 12.0 Å². The van der Waals surface area contributed by atoms with Gasteiger partial charge in [-0.1, -0.05) is 57.9 Å². The molecule has 1 nitrogen and oxygen atoms in total. The Kier molecular flexibility index (Phi) is 3.88. The summed E-state index contributed by atoms with van der Waals surface area (Å²) in [5.41, 5.74) is 2.48. The lowest BCUT2D eigenvalue weighted by Crippen LogP contribution is -2.24.